The number of hydrogen-bond donors (Lipinski definition) is 1. The molecule has 19 heavy (non-hydrogen) atoms. The van der Waals surface area contributed by atoms with Crippen LogP contribution < -0.4 is 10.6 Å². The molecule has 1 heterocycles. The second-order valence-corrected chi connectivity index (χ2v) is 6.18. The molecule has 2 nitrogen and oxygen atoms in total. The third kappa shape index (κ3) is 2.89. The number of piperidine rings is 1. The van der Waals surface area contributed by atoms with Crippen molar-refractivity contribution in [3.05, 3.63) is 29.6 Å². The van der Waals surface area contributed by atoms with Gasteiger partial charge in [-0.3, -0.25) is 0 Å². The van der Waals surface area contributed by atoms with Gasteiger partial charge < -0.3 is 10.6 Å². The summed E-state index contributed by atoms with van der Waals surface area (Å²) in [5.74, 6) is 0.931. The number of anilines is 1. The van der Waals surface area contributed by atoms with Gasteiger partial charge in [-0.25, -0.2) is 4.39 Å². The van der Waals surface area contributed by atoms with Crippen LogP contribution in [0.15, 0.2) is 18.2 Å². The summed E-state index contributed by atoms with van der Waals surface area (Å²) in [7, 11) is 0. The monoisotopic (exact) mass is 280 g/mol. The minimum Gasteiger partial charge on any atom is -0.389 e. The Kier molecular flexibility index (Phi) is 4.09. The van der Waals surface area contributed by atoms with Crippen molar-refractivity contribution in [1.29, 1.82) is 0 Å². The van der Waals surface area contributed by atoms with E-state index in [-0.39, 0.29) is 10.8 Å². The maximum Gasteiger partial charge on any atom is 0.124 e. The highest BCUT2D eigenvalue weighted by Crippen LogP contribution is 2.33. The zero-order chi connectivity index (χ0) is 14.2. The largest absolute Gasteiger partial charge is 0.389 e. The fourth-order valence-corrected chi connectivity index (χ4v) is 3.15. The van der Waals surface area contributed by atoms with Gasteiger partial charge in [0.15, 0.2) is 0 Å². The van der Waals surface area contributed by atoms with E-state index in [9.17, 15) is 4.39 Å². The standard InChI is InChI=1S/C15H21FN2S/c1-9-6-10(2)11(3)18(8-9)14-5-4-12(16)7-13(14)15(17)19/h4-5,7,9-11H,6,8H2,1-3H3,(H2,17,19). The Morgan fingerprint density at radius 2 is 2.05 bits per heavy atom. The van der Waals surface area contributed by atoms with Gasteiger partial charge in [0.2, 0.25) is 0 Å². The van der Waals surface area contributed by atoms with Gasteiger partial charge >= 0.3 is 0 Å². The number of thiocarbonyl (C=S) groups is 1. The van der Waals surface area contributed by atoms with E-state index in [1.807, 2.05) is 0 Å². The van der Waals surface area contributed by atoms with Crippen LogP contribution in [0.3, 0.4) is 0 Å². The molecule has 1 saturated heterocycles. The molecule has 1 aliphatic heterocycles. The van der Waals surface area contributed by atoms with E-state index in [0.717, 1.165) is 12.2 Å². The first-order valence-corrected chi connectivity index (χ1v) is 7.17. The third-order valence-electron chi connectivity index (χ3n) is 4.13. The molecule has 104 valence electrons. The first-order chi connectivity index (χ1) is 8.90. The van der Waals surface area contributed by atoms with Crippen molar-refractivity contribution in [1.82, 2.24) is 0 Å². The van der Waals surface area contributed by atoms with Crippen LogP contribution in [0, 0.1) is 17.7 Å². The zero-order valence-electron chi connectivity index (χ0n) is 11.7. The molecule has 0 spiro atoms. The molecule has 3 unspecified atom stereocenters. The second kappa shape index (κ2) is 5.45. The smallest absolute Gasteiger partial charge is 0.124 e. The lowest BCUT2D eigenvalue weighted by atomic mass is 9.85. The predicted molar refractivity (Wildman–Crippen MR) is 82.0 cm³/mol. The Hall–Kier alpha value is -1.16. The van der Waals surface area contributed by atoms with Crippen LogP contribution in [-0.4, -0.2) is 17.6 Å². The fraction of sp³-hybridized carbons (Fsp3) is 0.533. The van der Waals surface area contributed by atoms with Crippen LogP contribution in [0.25, 0.3) is 0 Å². The van der Waals surface area contributed by atoms with E-state index in [4.69, 9.17) is 18.0 Å². The Morgan fingerprint density at radius 1 is 1.37 bits per heavy atom. The van der Waals surface area contributed by atoms with E-state index >= 15 is 0 Å². The van der Waals surface area contributed by atoms with Crippen LogP contribution >= 0.6 is 12.2 Å². The Labute approximate surface area is 119 Å². The highest BCUT2D eigenvalue weighted by Gasteiger charge is 2.30. The van der Waals surface area contributed by atoms with E-state index in [1.165, 1.54) is 18.6 Å². The molecule has 1 aromatic rings. The van der Waals surface area contributed by atoms with E-state index in [1.54, 1.807) is 6.07 Å². The third-order valence-corrected chi connectivity index (χ3v) is 4.35. The molecule has 0 radical (unpaired) electrons. The molecule has 4 heteroatoms. The quantitative estimate of drug-likeness (QED) is 0.843. The molecule has 1 aliphatic rings. The summed E-state index contributed by atoms with van der Waals surface area (Å²) in [5, 5.41) is 0. The average molecular weight is 280 g/mol. The number of hydrogen-bond acceptors (Lipinski definition) is 2. The predicted octanol–water partition coefficient (Wildman–Crippen LogP) is 3.33. The molecule has 1 fully saturated rings. The summed E-state index contributed by atoms with van der Waals surface area (Å²) >= 11 is 5.06. The molecule has 0 amide bonds. The molecule has 0 saturated carbocycles. The van der Waals surface area contributed by atoms with Crippen molar-refractivity contribution in [2.75, 3.05) is 11.4 Å². The van der Waals surface area contributed by atoms with Crippen LogP contribution in [0.5, 0.6) is 0 Å². The van der Waals surface area contributed by atoms with Gasteiger partial charge in [0.1, 0.15) is 10.8 Å². The SMILES string of the molecule is CC1CC(C)C(C)N(c2ccc(F)cc2C(N)=S)C1. The molecule has 2 rings (SSSR count). The van der Waals surface area contributed by atoms with Crippen LogP contribution in [0.2, 0.25) is 0 Å². The average Bonchev–Trinajstić information content (AvgIpc) is 2.34. The molecule has 0 aromatic heterocycles. The number of benzene rings is 1. The highest BCUT2D eigenvalue weighted by atomic mass is 32.1. The normalized spacial score (nSPS) is 27.4. The molecular formula is C15H21FN2S. The lowest BCUT2D eigenvalue weighted by molar-refractivity contribution is 0.297. The summed E-state index contributed by atoms with van der Waals surface area (Å²) in [6, 6.07) is 5.13. The van der Waals surface area contributed by atoms with Crippen molar-refractivity contribution in [2.24, 2.45) is 17.6 Å². The summed E-state index contributed by atoms with van der Waals surface area (Å²) in [6.07, 6.45) is 1.22. The van der Waals surface area contributed by atoms with Gasteiger partial charge in [-0.1, -0.05) is 26.1 Å². The van der Waals surface area contributed by atoms with Gasteiger partial charge in [0, 0.05) is 23.8 Å². The van der Waals surface area contributed by atoms with Crippen LogP contribution in [0.1, 0.15) is 32.8 Å². The molecule has 0 bridgehead atoms. The zero-order valence-corrected chi connectivity index (χ0v) is 12.5. The molecule has 2 N–H and O–H groups in total. The first-order valence-electron chi connectivity index (χ1n) is 6.76. The second-order valence-electron chi connectivity index (χ2n) is 5.74. The lowest BCUT2D eigenvalue weighted by Gasteiger charge is -2.43. The Balaban J connectivity index is 2.42. The Morgan fingerprint density at radius 3 is 2.68 bits per heavy atom. The molecular weight excluding hydrogens is 259 g/mol. The van der Waals surface area contributed by atoms with E-state index in [2.05, 4.69) is 25.7 Å². The highest BCUT2D eigenvalue weighted by molar-refractivity contribution is 7.80. The van der Waals surface area contributed by atoms with Gasteiger partial charge in [0.05, 0.1) is 0 Å². The van der Waals surface area contributed by atoms with Crippen molar-refractivity contribution in [3.63, 3.8) is 0 Å². The Bertz CT molecular complexity index is 489. The fourth-order valence-electron chi connectivity index (χ4n) is 2.99. The summed E-state index contributed by atoms with van der Waals surface area (Å²) in [6.45, 7) is 7.69. The maximum absolute atomic E-state index is 13.4. The van der Waals surface area contributed by atoms with Crippen molar-refractivity contribution in [2.45, 2.75) is 33.2 Å². The molecule has 1 aromatic carbocycles. The number of nitrogens with two attached hydrogens (primary N) is 1. The van der Waals surface area contributed by atoms with Crippen LogP contribution in [-0.2, 0) is 0 Å². The van der Waals surface area contributed by atoms with Gasteiger partial charge in [-0.2, -0.15) is 0 Å². The van der Waals surface area contributed by atoms with E-state index < -0.39 is 0 Å². The van der Waals surface area contributed by atoms with Gasteiger partial charge in [-0.15, -0.1) is 0 Å². The first kappa shape index (κ1) is 14.3. The van der Waals surface area contributed by atoms with Gasteiger partial charge in [-0.05, 0) is 43.4 Å². The number of halogens is 1. The summed E-state index contributed by atoms with van der Waals surface area (Å²) < 4.78 is 13.4. The number of nitrogens with zero attached hydrogens (tertiary/aromatic N) is 1. The van der Waals surface area contributed by atoms with Crippen molar-refractivity contribution >= 4 is 22.9 Å². The maximum atomic E-state index is 13.4. The number of rotatable bonds is 2. The summed E-state index contributed by atoms with van der Waals surface area (Å²) in [5.41, 5.74) is 7.34. The summed E-state index contributed by atoms with van der Waals surface area (Å²) in [4.78, 5) is 2.57. The molecule has 0 aliphatic carbocycles. The van der Waals surface area contributed by atoms with Crippen molar-refractivity contribution in [3.8, 4) is 0 Å². The lowest BCUT2D eigenvalue weighted by Crippen LogP contribution is -2.46. The molecule has 3 atom stereocenters. The van der Waals surface area contributed by atoms with E-state index in [0.29, 0.717) is 23.4 Å². The van der Waals surface area contributed by atoms with Gasteiger partial charge in [0.25, 0.3) is 0 Å². The minimum atomic E-state index is -0.294. The minimum absolute atomic E-state index is 0.257. The van der Waals surface area contributed by atoms with Crippen LogP contribution in [0.4, 0.5) is 10.1 Å². The van der Waals surface area contributed by atoms with Crippen molar-refractivity contribution < 1.29 is 4.39 Å². The topological polar surface area (TPSA) is 29.3 Å².